The molecule has 3 rings (SSSR count). The Morgan fingerprint density at radius 3 is 1.87 bits per heavy atom. The van der Waals surface area contributed by atoms with Crippen LogP contribution in [0.1, 0.15) is 12.0 Å². The minimum Gasteiger partial charge on any atom is -0.481 e. The summed E-state index contributed by atoms with van der Waals surface area (Å²) in [6.45, 7) is 0. The zero-order chi connectivity index (χ0) is 16.1. The molecule has 23 heavy (non-hydrogen) atoms. The summed E-state index contributed by atoms with van der Waals surface area (Å²) in [4.78, 5) is 10.8. The molecule has 0 heterocycles. The summed E-state index contributed by atoms with van der Waals surface area (Å²) in [5.41, 5.74) is 5.65. The monoisotopic (exact) mass is 302 g/mol. The molecule has 0 bridgehead atoms. The average Bonchev–Trinajstić information content (AvgIpc) is 2.61. The van der Waals surface area contributed by atoms with E-state index in [1.807, 2.05) is 42.5 Å². The fourth-order valence-electron chi connectivity index (χ4n) is 2.72. The molecule has 0 aliphatic carbocycles. The highest BCUT2D eigenvalue weighted by molar-refractivity contribution is 5.84. The van der Waals surface area contributed by atoms with Crippen molar-refractivity contribution in [2.24, 2.45) is 0 Å². The molecule has 0 saturated carbocycles. The van der Waals surface area contributed by atoms with E-state index < -0.39 is 5.97 Å². The van der Waals surface area contributed by atoms with Crippen LogP contribution in [0.2, 0.25) is 0 Å². The molecule has 1 N–H and O–H groups in total. The van der Waals surface area contributed by atoms with Gasteiger partial charge in [-0.25, -0.2) is 0 Å². The zero-order valence-electron chi connectivity index (χ0n) is 12.8. The van der Waals surface area contributed by atoms with Crippen LogP contribution in [0.25, 0.3) is 22.3 Å². The highest BCUT2D eigenvalue weighted by Crippen LogP contribution is 2.33. The lowest BCUT2D eigenvalue weighted by atomic mass is 9.92. The van der Waals surface area contributed by atoms with Gasteiger partial charge in [0.15, 0.2) is 0 Å². The number of aryl methyl sites for hydroxylation is 1. The first kappa shape index (κ1) is 15.0. The number of benzene rings is 3. The van der Waals surface area contributed by atoms with Crippen molar-refractivity contribution in [2.75, 3.05) is 0 Å². The Bertz CT molecular complexity index is 793. The predicted octanol–water partition coefficient (Wildman–Crippen LogP) is 5.04. The van der Waals surface area contributed by atoms with Gasteiger partial charge in [-0.2, -0.15) is 0 Å². The Morgan fingerprint density at radius 1 is 0.739 bits per heavy atom. The van der Waals surface area contributed by atoms with E-state index in [1.54, 1.807) is 0 Å². The second-order valence-corrected chi connectivity index (χ2v) is 5.51. The van der Waals surface area contributed by atoms with Gasteiger partial charge in [0, 0.05) is 6.42 Å². The maximum absolute atomic E-state index is 10.8. The molecule has 2 heteroatoms. The van der Waals surface area contributed by atoms with E-state index in [0.717, 1.165) is 27.8 Å². The molecule has 2 nitrogen and oxygen atoms in total. The summed E-state index contributed by atoms with van der Waals surface area (Å²) in [5.74, 6) is -0.765. The normalized spacial score (nSPS) is 10.4. The number of carbonyl (C=O) groups is 1. The van der Waals surface area contributed by atoms with Gasteiger partial charge in [0.2, 0.25) is 0 Å². The van der Waals surface area contributed by atoms with Gasteiger partial charge in [-0.05, 0) is 34.2 Å². The first-order chi connectivity index (χ1) is 11.2. The number of hydrogen-bond donors (Lipinski definition) is 1. The molecule has 3 aromatic carbocycles. The molecule has 0 atom stereocenters. The molecular formula is C21H18O2. The molecular weight excluding hydrogens is 284 g/mol. The first-order valence-electron chi connectivity index (χ1n) is 7.69. The summed E-state index contributed by atoms with van der Waals surface area (Å²) in [6.07, 6.45) is 0.698. The van der Waals surface area contributed by atoms with Crippen LogP contribution in [0, 0.1) is 0 Å². The number of carboxylic acids is 1. The number of carboxylic acid groups (broad SMARTS) is 1. The Labute approximate surface area is 136 Å². The third-order valence-electron chi connectivity index (χ3n) is 3.88. The molecule has 0 aromatic heterocycles. The molecule has 0 amide bonds. The Kier molecular flexibility index (Phi) is 4.53. The van der Waals surface area contributed by atoms with Gasteiger partial charge in [0.25, 0.3) is 0 Å². The topological polar surface area (TPSA) is 37.3 Å². The number of hydrogen-bond acceptors (Lipinski definition) is 1. The van der Waals surface area contributed by atoms with Gasteiger partial charge in [-0.1, -0.05) is 78.9 Å². The van der Waals surface area contributed by atoms with E-state index in [-0.39, 0.29) is 6.42 Å². The van der Waals surface area contributed by atoms with Gasteiger partial charge >= 0.3 is 5.97 Å². The summed E-state index contributed by atoms with van der Waals surface area (Å²) in [7, 11) is 0. The quantitative estimate of drug-likeness (QED) is 0.717. The molecule has 0 fully saturated rings. The van der Waals surface area contributed by atoms with Crippen LogP contribution in [-0.4, -0.2) is 11.1 Å². The average molecular weight is 302 g/mol. The van der Waals surface area contributed by atoms with E-state index in [4.69, 9.17) is 5.11 Å². The van der Waals surface area contributed by atoms with Crippen molar-refractivity contribution in [3.8, 4) is 22.3 Å². The zero-order valence-corrected chi connectivity index (χ0v) is 12.8. The van der Waals surface area contributed by atoms with E-state index in [0.29, 0.717) is 6.42 Å². The summed E-state index contributed by atoms with van der Waals surface area (Å²) in [5, 5.41) is 8.89. The van der Waals surface area contributed by atoms with Crippen molar-refractivity contribution < 1.29 is 9.90 Å². The second kappa shape index (κ2) is 6.93. The van der Waals surface area contributed by atoms with E-state index in [1.165, 1.54) is 0 Å². The lowest BCUT2D eigenvalue weighted by molar-refractivity contribution is -0.136. The highest BCUT2D eigenvalue weighted by Gasteiger charge is 2.09. The van der Waals surface area contributed by atoms with E-state index >= 15 is 0 Å². The smallest absolute Gasteiger partial charge is 0.303 e. The van der Waals surface area contributed by atoms with Gasteiger partial charge in [0.1, 0.15) is 0 Å². The van der Waals surface area contributed by atoms with Crippen molar-refractivity contribution in [1.29, 1.82) is 0 Å². The molecule has 3 aromatic rings. The fraction of sp³-hybridized carbons (Fsp3) is 0.0952. The summed E-state index contributed by atoms with van der Waals surface area (Å²) >= 11 is 0. The third-order valence-corrected chi connectivity index (χ3v) is 3.88. The van der Waals surface area contributed by atoms with Crippen LogP contribution < -0.4 is 0 Å². The van der Waals surface area contributed by atoms with Crippen LogP contribution >= 0.6 is 0 Å². The van der Waals surface area contributed by atoms with E-state index in [2.05, 4.69) is 36.4 Å². The first-order valence-corrected chi connectivity index (χ1v) is 7.69. The minimum absolute atomic E-state index is 0.152. The SMILES string of the molecule is O=C(O)CCc1ccc(-c2ccccc2)c(-c2ccccc2)c1. The summed E-state index contributed by atoms with van der Waals surface area (Å²) < 4.78 is 0. The van der Waals surface area contributed by atoms with E-state index in [9.17, 15) is 4.79 Å². The molecule has 0 aliphatic rings. The highest BCUT2D eigenvalue weighted by atomic mass is 16.4. The number of rotatable bonds is 5. The Balaban J connectivity index is 2.07. The van der Waals surface area contributed by atoms with Gasteiger partial charge in [-0.3, -0.25) is 4.79 Å². The van der Waals surface area contributed by atoms with Crippen LogP contribution in [-0.2, 0) is 11.2 Å². The molecule has 0 spiro atoms. The predicted molar refractivity (Wildman–Crippen MR) is 93.3 cm³/mol. The Morgan fingerprint density at radius 2 is 1.30 bits per heavy atom. The second-order valence-electron chi connectivity index (χ2n) is 5.51. The van der Waals surface area contributed by atoms with Crippen molar-refractivity contribution >= 4 is 5.97 Å². The fourth-order valence-corrected chi connectivity index (χ4v) is 2.72. The van der Waals surface area contributed by atoms with Gasteiger partial charge < -0.3 is 5.11 Å². The lowest BCUT2D eigenvalue weighted by Crippen LogP contribution is -1.98. The largest absolute Gasteiger partial charge is 0.481 e. The third kappa shape index (κ3) is 3.67. The molecule has 0 saturated heterocycles. The molecule has 114 valence electrons. The Hall–Kier alpha value is -2.87. The maximum atomic E-state index is 10.8. The van der Waals surface area contributed by atoms with Crippen molar-refractivity contribution in [3.05, 3.63) is 84.4 Å². The maximum Gasteiger partial charge on any atom is 0.303 e. The van der Waals surface area contributed by atoms with Crippen LogP contribution in [0.3, 0.4) is 0 Å². The van der Waals surface area contributed by atoms with Crippen molar-refractivity contribution in [1.82, 2.24) is 0 Å². The summed E-state index contributed by atoms with van der Waals surface area (Å²) in [6, 6.07) is 26.7. The van der Waals surface area contributed by atoms with Crippen LogP contribution in [0.5, 0.6) is 0 Å². The van der Waals surface area contributed by atoms with Crippen LogP contribution in [0.4, 0.5) is 0 Å². The minimum atomic E-state index is -0.765. The lowest BCUT2D eigenvalue weighted by Gasteiger charge is -2.12. The molecule has 0 aliphatic heterocycles. The van der Waals surface area contributed by atoms with Crippen LogP contribution in [0.15, 0.2) is 78.9 Å². The van der Waals surface area contributed by atoms with Crippen molar-refractivity contribution in [3.63, 3.8) is 0 Å². The number of aliphatic carboxylic acids is 1. The molecule has 0 unspecified atom stereocenters. The van der Waals surface area contributed by atoms with Crippen molar-refractivity contribution in [2.45, 2.75) is 12.8 Å². The van der Waals surface area contributed by atoms with Gasteiger partial charge in [-0.15, -0.1) is 0 Å². The standard InChI is InChI=1S/C21H18O2/c22-21(23)14-12-16-11-13-19(17-7-3-1-4-8-17)20(15-16)18-9-5-2-6-10-18/h1-11,13,15H,12,14H2,(H,22,23). The molecule has 0 radical (unpaired) electrons. The van der Waals surface area contributed by atoms with Gasteiger partial charge in [0.05, 0.1) is 0 Å².